The summed E-state index contributed by atoms with van der Waals surface area (Å²) in [5.74, 6) is 0.879. The molecule has 0 fully saturated rings. The van der Waals surface area contributed by atoms with Gasteiger partial charge in [-0.2, -0.15) is 4.57 Å². The summed E-state index contributed by atoms with van der Waals surface area (Å²) in [4.78, 5) is 0. The highest BCUT2D eigenvalue weighted by Crippen LogP contribution is 2.16. The van der Waals surface area contributed by atoms with Gasteiger partial charge in [0.25, 0.3) is 0 Å². The molecule has 6 heteroatoms. The van der Waals surface area contributed by atoms with Crippen molar-refractivity contribution in [2.45, 2.75) is 18.5 Å². The minimum absolute atomic E-state index is 0.544. The third kappa shape index (κ3) is 7.66. The van der Waals surface area contributed by atoms with Crippen molar-refractivity contribution in [1.29, 1.82) is 0 Å². The van der Waals surface area contributed by atoms with E-state index in [9.17, 15) is 0 Å². The maximum atomic E-state index is 5.68. The molecule has 1 aromatic rings. The van der Waals surface area contributed by atoms with E-state index in [-0.39, 0.29) is 0 Å². The minimum Gasteiger partial charge on any atom is -0.491 e. The quantitative estimate of drug-likeness (QED) is 0.334. The van der Waals surface area contributed by atoms with Crippen LogP contribution in [0.2, 0.25) is 0 Å². The van der Waals surface area contributed by atoms with E-state index >= 15 is 0 Å². The summed E-state index contributed by atoms with van der Waals surface area (Å²) in [6.07, 6.45) is 4.11. The zero-order valence-corrected chi connectivity index (χ0v) is 14.0. The Labute approximate surface area is 131 Å². The number of methoxy groups -OCH3 is 1. The van der Waals surface area contributed by atoms with Crippen molar-refractivity contribution in [3.8, 4) is 5.75 Å². The number of aryl methyl sites for hydroxylation is 1. The Bertz CT molecular complexity index is 390. The molecule has 0 atom stereocenters. The van der Waals surface area contributed by atoms with E-state index in [1.165, 1.54) is 5.03 Å². The molecule has 0 spiro atoms. The average molecular weight is 316 g/mol. The van der Waals surface area contributed by atoms with Crippen molar-refractivity contribution in [3.05, 3.63) is 18.3 Å². The van der Waals surface area contributed by atoms with E-state index in [1.54, 1.807) is 18.9 Å². The molecule has 120 valence electrons. The first-order valence-corrected chi connectivity index (χ1v) is 8.39. The van der Waals surface area contributed by atoms with Crippen molar-refractivity contribution in [1.82, 2.24) is 0 Å². The van der Waals surface area contributed by atoms with Crippen LogP contribution in [0.3, 0.4) is 0 Å². The molecule has 0 bridgehead atoms. The highest BCUT2D eigenvalue weighted by Gasteiger charge is 2.09. The lowest BCUT2D eigenvalue weighted by Gasteiger charge is -2.08. The van der Waals surface area contributed by atoms with Gasteiger partial charge >= 0.3 is 0 Å². The molecule has 0 aliphatic rings. The average Bonchev–Trinajstić information content (AvgIpc) is 2.53. The summed E-state index contributed by atoms with van der Waals surface area (Å²) in [7, 11) is 1.66. The van der Waals surface area contributed by atoms with E-state index in [0.717, 1.165) is 12.3 Å². The molecular weight excluding hydrogens is 290 g/mol. The van der Waals surface area contributed by atoms with Crippen LogP contribution in [0.4, 0.5) is 0 Å². The maximum Gasteiger partial charge on any atom is 0.243 e. The SMILES string of the molecule is CC[n+]1ccc(OCCOCCOCCOC)cc1SC. The van der Waals surface area contributed by atoms with E-state index in [2.05, 4.69) is 23.8 Å². The number of rotatable bonds is 12. The van der Waals surface area contributed by atoms with Crippen molar-refractivity contribution in [3.63, 3.8) is 0 Å². The third-order valence-electron chi connectivity index (χ3n) is 2.82. The Hall–Kier alpha value is -0.820. The lowest BCUT2D eigenvalue weighted by Crippen LogP contribution is -2.34. The van der Waals surface area contributed by atoms with Crippen LogP contribution in [0.15, 0.2) is 23.4 Å². The van der Waals surface area contributed by atoms with Crippen molar-refractivity contribution in [2.75, 3.05) is 53.0 Å². The number of hydrogen-bond donors (Lipinski definition) is 0. The fourth-order valence-electron chi connectivity index (χ4n) is 1.70. The molecule has 0 saturated carbocycles. The number of pyridine rings is 1. The van der Waals surface area contributed by atoms with Gasteiger partial charge in [0.05, 0.1) is 39.1 Å². The maximum absolute atomic E-state index is 5.68. The Morgan fingerprint density at radius 2 is 1.71 bits per heavy atom. The normalized spacial score (nSPS) is 10.8. The van der Waals surface area contributed by atoms with Gasteiger partial charge in [0.1, 0.15) is 18.9 Å². The second-order valence-electron chi connectivity index (χ2n) is 4.26. The van der Waals surface area contributed by atoms with Crippen LogP contribution in [0.25, 0.3) is 0 Å². The molecule has 0 aliphatic carbocycles. The lowest BCUT2D eigenvalue weighted by atomic mass is 10.4. The van der Waals surface area contributed by atoms with Crippen LogP contribution in [-0.2, 0) is 20.8 Å². The zero-order chi connectivity index (χ0) is 15.3. The molecule has 0 unspecified atom stereocenters. The molecule has 0 radical (unpaired) electrons. The minimum atomic E-state index is 0.544. The van der Waals surface area contributed by atoms with Crippen LogP contribution in [0, 0.1) is 0 Å². The summed E-state index contributed by atoms with van der Waals surface area (Å²) >= 11 is 1.72. The van der Waals surface area contributed by atoms with E-state index in [0.29, 0.717) is 39.6 Å². The molecule has 0 N–H and O–H groups in total. The highest BCUT2D eigenvalue weighted by atomic mass is 32.2. The van der Waals surface area contributed by atoms with E-state index < -0.39 is 0 Å². The van der Waals surface area contributed by atoms with Gasteiger partial charge < -0.3 is 18.9 Å². The molecule has 0 amide bonds. The standard InChI is InChI=1S/C15H26NO4S/c1-4-16-6-5-14(13-15(16)21-3)20-12-11-19-10-9-18-8-7-17-2/h5-6,13H,4,7-12H2,1-3H3/q+1. The van der Waals surface area contributed by atoms with Gasteiger partial charge in [0, 0.05) is 13.2 Å². The number of hydrogen-bond acceptors (Lipinski definition) is 5. The van der Waals surface area contributed by atoms with E-state index in [4.69, 9.17) is 18.9 Å². The zero-order valence-electron chi connectivity index (χ0n) is 13.2. The van der Waals surface area contributed by atoms with Crippen molar-refractivity contribution < 1.29 is 23.5 Å². The van der Waals surface area contributed by atoms with Gasteiger partial charge in [0.15, 0.2) is 6.20 Å². The summed E-state index contributed by atoms with van der Waals surface area (Å²) < 4.78 is 23.5. The molecule has 21 heavy (non-hydrogen) atoms. The van der Waals surface area contributed by atoms with Crippen LogP contribution < -0.4 is 9.30 Å². The monoisotopic (exact) mass is 316 g/mol. The van der Waals surface area contributed by atoms with E-state index in [1.807, 2.05) is 12.3 Å². The Balaban J connectivity index is 2.12. The summed E-state index contributed by atoms with van der Waals surface area (Å²) in [5.41, 5.74) is 0. The number of aromatic nitrogens is 1. The topological polar surface area (TPSA) is 40.8 Å². The molecular formula is C15H26NO4S+. The Morgan fingerprint density at radius 1 is 1.05 bits per heavy atom. The Morgan fingerprint density at radius 3 is 2.33 bits per heavy atom. The second kappa shape index (κ2) is 11.8. The van der Waals surface area contributed by atoms with Crippen LogP contribution in [-0.4, -0.2) is 53.0 Å². The fourth-order valence-corrected chi connectivity index (χ4v) is 2.36. The number of thioether (sulfide) groups is 1. The van der Waals surface area contributed by atoms with Crippen LogP contribution >= 0.6 is 11.8 Å². The molecule has 0 saturated heterocycles. The highest BCUT2D eigenvalue weighted by molar-refractivity contribution is 7.98. The molecule has 5 nitrogen and oxygen atoms in total. The predicted molar refractivity (Wildman–Crippen MR) is 83.1 cm³/mol. The van der Waals surface area contributed by atoms with Gasteiger partial charge in [-0.25, -0.2) is 0 Å². The van der Waals surface area contributed by atoms with Gasteiger partial charge in [0.2, 0.25) is 5.03 Å². The molecule has 1 heterocycles. The van der Waals surface area contributed by atoms with Gasteiger partial charge in [-0.05, 0) is 13.2 Å². The number of nitrogens with zero attached hydrogens (tertiary/aromatic N) is 1. The second-order valence-corrected chi connectivity index (χ2v) is 5.08. The van der Waals surface area contributed by atoms with Gasteiger partial charge in [-0.15, -0.1) is 0 Å². The largest absolute Gasteiger partial charge is 0.491 e. The summed E-state index contributed by atoms with van der Waals surface area (Å²) in [5, 5.41) is 1.20. The first-order chi connectivity index (χ1) is 10.3. The van der Waals surface area contributed by atoms with Crippen LogP contribution in [0.1, 0.15) is 6.92 Å². The molecule has 0 aromatic carbocycles. The summed E-state index contributed by atoms with van der Waals surface area (Å²) in [6, 6.07) is 4.04. The molecule has 1 rings (SSSR count). The van der Waals surface area contributed by atoms with Crippen molar-refractivity contribution in [2.24, 2.45) is 0 Å². The van der Waals surface area contributed by atoms with Crippen molar-refractivity contribution >= 4 is 11.8 Å². The lowest BCUT2D eigenvalue weighted by molar-refractivity contribution is -0.729. The first kappa shape index (κ1) is 18.2. The molecule has 0 aliphatic heterocycles. The van der Waals surface area contributed by atoms with Crippen LogP contribution in [0.5, 0.6) is 5.75 Å². The van der Waals surface area contributed by atoms with Gasteiger partial charge in [-0.3, -0.25) is 0 Å². The summed E-state index contributed by atoms with van der Waals surface area (Å²) in [6.45, 7) is 6.58. The van der Waals surface area contributed by atoms with Gasteiger partial charge in [-0.1, -0.05) is 11.8 Å². The first-order valence-electron chi connectivity index (χ1n) is 7.16. The smallest absolute Gasteiger partial charge is 0.243 e. The fraction of sp³-hybridized carbons (Fsp3) is 0.667. The molecule has 1 aromatic heterocycles. The Kier molecular flexibility index (Phi) is 10.2. The number of ether oxygens (including phenoxy) is 4. The third-order valence-corrected chi connectivity index (χ3v) is 3.59. The predicted octanol–water partition coefficient (Wildman–Crippen LogP) is 1.77.